The molecule has 0 saturated heterocycles. The van der Waals surface area contributed by atoms with Crippen molar-refractivity contribution >= 4 is 19.2 Å². The van der Waals surface area contributed by atoms with Crippen LogP contribution in [0.5, 0.6) is 11.5 Å². The Balaban J connectivity index is 2.25. The van der Waals surface area contributed by atoms with Crippen molar-refractivity contribution in [3.05, 3.63) is 60.7 Å². The van der Waals surface area contributed by atoms with Crippen LogP contribution in [0.2, 0.25) is 0 Å². The fourth-order valence-corrected chi connectivity index (χ4v) is 2.78. The Morgan fingerprint density at radius 2 is 1.38 bits per heavy atom. The maximum atomic E-state index is 13.0. The largest absolute Gasteiger partial charge is 0.557 e. The molecular weight excluding hydrogens is 329 g/mol. The third-order valence-corrected chi connectivity index (χ3v) is 4.20. The summed E-state index contributed by atoms with van der Waals surface area (Å²) in [5.41, 5.74) is 0.611. The van der Waals surface area contributed by atoms with Gasteiger partial charge in [0.1, 0.15) is 11.5 Å². The van der Waals surface area contributed by atoms with Crippen LogP contribution in [0.15, 0.2) is 70.9 Å². The minimum atomic E-state index is -3.84. The van der Waals surface area contributed by atoms with Crippen molar-refractivity contribution in [3.63, 3.8) is 0 Å². The van der Waals surface area contributed by atoms with Crippen molar-refractivity contribution in [2.75, 3.05) is 0 Å². The molecule has 0 spiro atoms. The molecule has 0 heterocycles. The van der Waals surface area contributed by atoms with Crippen molar-refractivity contribution in [1.29, 1.82) is 0 Å². The van der Waals surface area contributed by atoms with E-state index in [2.05, 4.69) is 15.5 Å². The second-order valence-corrected chi connectivity index (χ2v) is 6.35. The number of nitrogens with one attached hydrogen (secondary N) is 1. The van der Waals surface area contributed by atoms with Gasteiger partial charge in [-0.1, -0.05) is 41.6 Å². The first-order valence-corrected chi connectivity index (χ1v) is 8.66. The average molecular weight is 347 g/mol. The van der Waals surface area contributed by atoms with Crippen molar-refractivity contribution in [2.24, 2.45) is 10.3 Å². The highest BCUT2D eigenvalue weighted by atomic mass is 31.2. The number of hydrogen-bond donors (Lipinski definition) is 2. The molecule has 8 heteroatoms. The van der Waals surface area contributed by atoms with Crippen LogP contribution in [0.3, 0.4) is 0 Å². The number of rotatable bonds is 7. The zero-order valence-electron chi connectivity index (χ0n) is 13.3. The third-order valence-electron chi connectivity index (χ3n) is 2.95. The Morgan fingerprint density at radius 3 is 1.79 bits per heavy atom. The van der Waals surface area contributed by atoms with Gasteiger partial charge in [0.2, 0.25) is 0 Å². The second kappa shape index (κ2) is 8.17. The van der Waals surface area contributed by atoms with Crippen LogP contribution in [-0.4, -0.2) is 16.6 Å². The van der Waals surface area contributed by atoms with Crippen molar-refractivity contribution in [2.45, 2.75) is 13.8 Å². The van der Waals surface area contributed by atoms with E-state index >= 15 is 0 Å². The molecule has 2 aromatic carbocycles. The molecule has 24 heavy (non-hydrogen) atoms. The van der Waals surface area contributed by atoms with Crippen LogP contribution >= 0.6 is 7.75 Å². The molecule has 126 valence electrons. The van der Waals surface area contributed by atoms with Crippen LogP contribution in [-0.2, 0) is 4.57 Å². The molecule has 2 aromatic rings. The van der Waals surface area contributed by atoms with E-state index in [-0.39, 0.29) is 5.71 Å². The number of oxime groups is 1. The summed E-state index contributed by atoms with van der Waals surface area (Å²) in [4.78, 5) is 0. The van der Waals surface area contributed by atoms with Crippen LogP contribution in [0.1, 0.15) is 13.8 Å². The van der Waals surface area contributed by atoms with Crippen LogP contribution < -0.4 is 14.2 Å². The minimum Gasteiger partial charge on any atom is -0.411 e. The molecule has 0 bridgehead atoms. The minimum absolute atomic E-state index is 0.272. The van der Waals surface area contributed by atoms with E-state index in [4.69, 9.17) is 14.3 Å². The molecule has 0 fully saturated rings. The first-order chi connectivity index (χ1) is 11.5. The first kappa shape index (κ1) is 17.6. The first-order valence-electron chi connectivity index (χ1n) is 7.12. The highest BCUT2D eigenvalue weighted by Crippen LogP contribution is 2.44. The molecule has 7 nitrogen and oxygen atoms in total. The predicted octanol–water partition coefficient (Wildman–Crippen LogP) is 4.07. The van der Waals surface area contributed by atoms with Crippen molar-refractivity contribution < 1.29 is 18.8 Å². The predicted molar refractivity (Wildman–Crippen MR) is 92.9 cm³/mol. The van der Waals surface area contributed by atoms with Gasteiger partial charge in [-0.05, 0) is 38.1 Å². The van der Waals surface area contributed by atoms with E-state index < -0.39 is 7.75 Å². The zero-order valence-corrected chi connectivity index (χ0v) is 14.2. The van der Waals surface area contributed by atoms with Gasteiger partial charge in [-0.25, -0.2) is 4.57 Å². The SMILES string of the molecule is CC(=N\O)/C(C)=N/NP(=O)(Oc1ccccc1)Oc1ccccc1. The average Bonchev–Trinajstić information content (AvgIpc) is 2.60. The number of benzene rings is 2. The van der Waals surface area contributed by atoms with Gasteiger partial charge in [-0.3, -0.25) is 0 Å². The van der Waals surface area contributed by atoms with E-state index in [1.165, 1.54) is 0 Å². The van der Waals surface area contributed by atoms with E-state index in [0.29, 0.717) is 17.2 Å². The summed E-state index contributed by atoms with van der Waals surface area (Å²) >= 11 is 0. The molecule has 0 radical (unpaired) electrons. The van der Waals surface area contributed by atoms with E-state index in [1.54, 1.807) is 62.4 Å². The van der Waals surface area contributed by atoms with E-state index in [1.807, 2.05) is 12.1 Å². The number of hydrazone groups is 1. The van der Waals surface area contributed by atoms with Gasteiger partial charge in [0.25, 0.3) is 0 Å². The molecule has 0 unspecified atom stereocenters. The maximum absolute atomic E-state index is 13.0. The highest BCUT2D eigenvalue weighted by molar-refractivity contribution is 7.52. The van der Waals surface area contributed by atoms with Crippen molar-refractivity contribution in [1.82, 2.24) is 5.20 Å². The van der Waals surface area contributed by atoms with E-state index in [9.17, 15) is 4.57 Å². The van der Waals surface area contributed by atoms with Gasteiger partial charge in [0.15, 0.2) is 0 Å². The molecule has 0 aromatic heterocycles. The number of hydrogen-bond acceptors (Lipinski definition) is 6. The smallest absolute Gasteiger partial charge is 0.411 e. The molecule has 0 aliphatic rings. The molecular formula is C16H18N3O4P. The Labute approximate surface area is 140 Å². The Morgan fingerprint density at radius 1 is 0.917 bits per heavy atom. The lowest BCUT2D eigenvalue weighted by Gasteiger charge is -2.19. The molecule has 0 atom stereocenters. The van der Waals surface area contributed by atoms with Crippen molar-refractivity contribution in [3.8, 4) is 11.5 Å². The Bertz CT molecular complexity index is 718. The van der Waals surface area contributed by atoms with Gasteiger partial charge in [0.05, 0.1) is 11.4 Å². The molecule has 0 aliphatic carbocycles. The van der Waals surface area contributed by atoms with Crippen LogP contribution in [0.4, 0.5) is 0 Å². The summed E-state index contributed by atoms with van der Waals surface area (Å²) < 4.78 is 24.0. The fraction of sp³-hybridized carbons (Fsp3) is 0.125. The quantitative estimate of drug-likeness (QED) is 0.341. The topological polar surface area (TPSA) is 92.5 Å². The third kappa shape index (κ3) is 5.14. The zero-order chi connectivity index (χ0) is 17.4. The maximum Gasteiger partial charge on any atom is 0.557 e. The van der Waals surface area contributed by atoms with Gasteiger partial charge < -0.3 is 14.3 Å². The standard InChI is InChI=1S/C16H18N3O4P/c1-13(14(2)18-20)17-19-24(21,22-15-9-5-3-6-10-15)23-16-11-7-4-8-12-16/h3-12,20H,1-2H3,(H,19,21)/b17-13+,18-14+. The summed E-state index contributed by atoms with van der Waals surface area (Å²) in [6, 6.07) is 17.2. The number of para-hydroxylation sites is 2. The molecule has 2 rings (SSSR count). The van der Waals surface area contributed by atoms with Crippen LogP contribution in [0.25, 0.3) is 0 Å². The second-order valence-electron chi connectivity index (χ2n) is 4.79. The van der Waals surface area contributed by atoms with Gasteiger partial charge >= 0.3 is 7.75 Å². The fourth-order valence-electron chi connectivity index (χ4n) is 1.59. The molecule has 0 aliphatic heterocycles. The summed E-state index contributed by atoms with van der Waals surface area (Å²) in [5, 5.41) is 18.1. The van der Waals surface area contributed by atoms with Crippen LogP contribution in [0, 0.1) is 0 Å². The lowest BCUT2D eigenvalue weighted by molar-refractivity contribution is 0.319. The molecule has 0 amide bonds. The Hall–Kier alpha value is -2.79. The Kier molecular flexibility index (Phi) is 5.98. The van der Waals surface area contributed by atoms with Gasteiger partial charge in [-0.2, -0.15) is 10.3 Å². The lowest BCUT2D eigenvalue weighted by Crippen LogP contribution is -2.17. The summed E-state index contributed by atoms with van der Waals surface area (Å²) in [6.45, 7) is 3.15. The van der Waals surface area contributed by atoms with Gasteiger partial charge in [0, 0.05) is 0 Å². The lowest BCUT2D eigenvalue weighted by atomic mass is 10.3. The molecule has 2 N–H and O–H groups in total. The summed E-state index contributed by atoms with van der Waals surface area (Å²) in [6.07, 6.45) is 0. The normalized spacial score (nSPS) is 12.6. The summed E-state index contributed by atoms with van der Waals surface area (Å²) in [5.74, 6) is 0.731. The summed E-state index contributed by atoms with van der Waals surface area (Å²) in [7, 11) is -3.84. The highest BCUT2D eigenvalue weighted by Gasteiger charge is 2.28. The monoisotopic (exact) mass is 347 g/mol. The number of nitrogens with zero attached hydrogens (tertiary/aromatic N) is 2. The van der Waals surface area contributed by atoms with E-state index in [0.717, 1.165) is 0 Å². The molecule has 0 saturated carbocycles. The van der Waals surface area contributed by atoms with Gasteiger partial charge in [-0.15, -0.1) is 0 Å².